The standard InChI is InChI=1S/C24H28N4O/c1-3-18-7-9-19(10-8-18)25-24(29)26-20-11-12-22-21(16-20)17(2)15-23(27-22)28-13-5-4-6-14-28/h7-12,15-16H,3-6,13-14H2,1-2H3,(H2,25,26,29). The number of hydrogen-bond donors (Lipinski definition) is 2. The summed E-state index contributed by atoms with van der Waals surface area (Å²) in [5, 5.41) is 6.88. The monoisotopic (exact) mass is 388 g/mol. The third-order valence-corrected chi connectivity index (χ3v) is 5.56. The molecule has 1 fully saturated rings. The highest BCUT2D eigenvalue weighted by Gasteiger charge is 2.14. The number of nitrogens with zero attached hydrogens (tertiary/aromatic N) is 2. The Balaban J connectivity index is 1.49. The van der Waals surface area contributed by atoms with Crippen molar-refractivity contribution in [2.45, 2.75) is 39.5 Å². The maximum Gasteiger partial charge on any atom is 0.323 e. The molecule has 29 heavy (non-hydrogen) atoms. The van der Waals surface area contributed by atoms with Gasteiger partial charge in [0.15, 0.2) is 0 Å². The van der Waals surface area contributed by atoms with Crippen LogP contribution in [-0.2, 0) is 6.42 Å². The molecule has 1 saturated heterocycles. The van der Waals surface area contributed by atoms with Crippen molar-refractivity contribution in [3.63, 3.8) is 0 Å². The zero-order chi connectivity index (χ0) is 20.2. The second kappa shape index (κ2) is 8.52. The Morgan fingerprint density at radius 3 is 2.38 bits per heavy atom. The molecule has 1 aliphatic heterocycles. The number of carbonyl (C=O) groups excluding carboxylic acids is 1. The summed E-state index contributed by atoms with van der Waals surface area (Å²) in [7, 11) is 0. The number of hydrogen-bond acceptors (Lipinski definition) is 3. The molecule has 0 bridgehead atoms. The molecule has 2 N–H and O–H groups in total. The molecule has 0 unspecified atom stereocenters. The molecular formula is C24H28N4O. The van der Waals surface area contributed by atoms with Crippen LogP contribution in [0.15, 0.2) is 48.5 Å². The first-order valence-electron chi connectivity index (χ1n) is 10.5. The number of urea groups is 1. The van der Waals surface area contributed by atoms with E-state index in [4.69, 9.17) is 4.98 Å². The van der Waals surface area contributed by atoms with E-state index in [-0.39, 0.29) is 6.03 Å². The lowest BCUT2D eigenvalue weighted by atomic mass is 10.1. The lowest BCUT2D eigenvalue weighted by molar-refractivity contribution is 0.262. The van der Waals surface area contributed by atoms with Crippen molar-refractivity contribution >= 4 is 34.1 Å². The van der Waals surface area contributed by atoms with Gasteiger partial charge in [-0.25, -0.2) is 9.78 Å². The summed E-state index contributed by atoms with van der Waals surface area (Å²) in [6, 6.07) is 15.7. The topological polar surface area (TPSA) is 57.3 Å². The number of aromatic nitrogens is 1. The number of benzene rings is 2. The predicted octanol–water partition coefficient (Wildman–Crippen LogP) is 5.74. The number of fused-ring (bicyclic) bond motifs is 1. The van der Waals surface area contributed by atoms with Crippen LogP contribution in [0.25, 0.3) is 10.9 Å². The van der Waals surface area contributed by atoms with Crippen LogP contribution in [-0.4, -0.2) is 24.1 Å². The molecule has 0 atom stereocenters. The fourth-order valence-corrected chi connectivity index (χ4v) is 3.86. The van der Waals surface area contributed by atoms with Gasteiger partial charge in [-0.15, -0.1) is 0 Å². The van der Waals surface area contributed by atoms with Gasteiger partial charge in [-0.05, 0) is 80.1 Å². The van der Waals surface area contributed by atoms with E-state index in [0.717, 1.165) is 47.6 Å². The Labute approximate surface area is 172 Å². The average Bonchev–Trinajstić information content (AvgIpc) is 2.75. The van der Waals surface area contributed by atoms with E-state index in [9.17, 15) is 4.79 Å². The Morgan fingerprint density at radius 2 is 1.66 bits per heavy atom. The van der Waals surface area contributed by atoms with Crippen molar-refractivity contribution in [3.05, 3.63) is 59.7 Å². The molecule has 4 rings (SSSR count). The van der Waals surface area contributed by atoms with E-state index < -0.39 is 0 Å². The summed E-state index contributed by atoms with van der Waals surface area (Å²) in [5.74, 6) is 1.06. The predicted molar refractivity (Wildman–Crippen MR) is 121 cm³/mol. The summed E-state index contributed by atoms with van der Waals surface area (Å²) in [5.41, 5.74) is 4.93. The van der Waals surface area contributed by atoms with Crippen molar-refractivity contribution in [1.82, 2.24) is 4.98 Å². The molecule has 0 aliphatic carbocycles. The Bertz CT molecular complexity index is 1010. The van der Waals surface area contributed by atoms with Crippen molar-refractivity contribution in [3.8, 4) is 0 Å². The van der Waals surface area contributed by atoms with Crippen LogP contribution in [0.2, 0.25) is 0 Å². The highest BCUT2D eigenvalue weighted by Crippen LogP contribution is 2.27. The van der Waals surface area contributed by atoms with E-state index >= 15 is 0 Å². The molecular weight excluding hydrogens is 360 g/mol. The van der Waals surface area contributed by atoms with Crippen molar-refractivity contribution in [2.24, 2.45) is 0 Å². The molecule has 0 saturated carbocycles. The third-order valence-electron chi connectivity index (χ3n) is 5.56. The van der Waals surface area contributed by atoms with Crippen LogP contribution in [0, 0.1) is 6.92 Å². The highest BCUT2D eigenvalue weighted by molar-refractivity contribution is 6.01. The van der Waals surface area contributed by atoms with Crippen molar-refractivity contribution < 1.29 is 4.79 Å². The lowest BCUT2D eigenvalue weighted by Crippen LogP contribution is -2.30. The van der Waals surface area contributed by atoms with Crippen LogP contribution < -0.4 is 15.5 Å². The summed E-state index contributed by atoms with van der Waals surface area (Å²) < 4.78 is 0. The molecule has 2 aromatic carbocycles. The quantitative estimate of drug-likeness (QED) is 0.599. The van der Waals surface area contributed by atoms with Gasteiger partial charge in [0, 0.05) is 29.9 Å². The number of carbonyl (C=O) groups is 1. The first kappa shape index (κ1) is 19.2. The van der Waals surface area contributed by atoms with Gasteiger partial charge in [-0.2, -0.15) is 0 Å². The number of aryl methyl sites for hydroxylation is 2. The minimum absolute atomic E-state index is 0.246. The van der Waals surface area contributed by atoms with Gasteiger partial charge in [0.25, 0.3) is 0 Å². The van der Waals surface area contributed by atoms with Gasteiger partial charge in [0.1, 0.15) is 5.82 Å². The van der Waals surface area contributed by atoms with Crippen molar-refractivity contribution in [1.29, 1.82) is 0 Å². The molecule has 0 spiro atoms. The first-order chi connectivity index (χ1) is 14.1. The van der Waals surface area contributed by atoms with E-state index in [0.29, 0.717) is 0 Å². The lowest BCUT2D eigenvalue weighted by Gasteiger charge is -2.28. The maximum atomic E-state index is 12.4. The number of nitrogens with one attached hydrogen (secondary N) is 2. The van der Waals surface area contributed by atoms with Crippen LogP contribution in [0.3, 0.4) is 0 Å². The molecule has 5 heteroatoms. The number of rotatable bonds is 4. The molecule has 2 heterocycles. The fourth-order valence-electron chi connectivity index (χ4n) is 3.86. The number of anilines is 3. The molecule has 3 aromatic rings. The second-order valence-electron chi connectivity index (χ2n) is 7.71. The Morgan fingerprint density at radius 1 is 0.966 bits per heavy atom. The normalized spacial score (nSPS) is 14.1. The number of pyridine rings is 1. The van der Waals surface area contributed by atoms with E-state index in [2.05, 4.69) is 35.4 Å². The van der Waals surface area contributed by atoms with Crippen LogP contribution >= 0.6 is 0 Å². The average molecular weight is 389 g/mol. The summed E-state index contributed by atoms with van der Waals surface area (Å²) in [6.45, 7) is 6.38. The molecule has 1 aromatic heterocycles. The SMILES string of the molecule is CCc1ccc(NC(=O)Nc2ccc3nc(N4CCCCC4)cc(C)c3c2)cc1. The van der Waals surface area contributed by atoms with Crippen LogP contribution in [0.5, 0.6) is 0 Å². The van der Waals surface area contributed by atoms with Gasteiger partial charge >= 0.3 is 6.03 Å². The molecule has 150 valence electrons. The maximum absolute atomic E-state index is 12.4. The first-order valence-corrected chi connectivity index (χ1v) is 10.5. The minimum atomic E-state index is -0.246. The molecule has 2 amide bonds. The van der Waals surface area contributed by atoms with E-state index in [1.54, 1.807) is 0 Å². The Hall–Kier alpha value is -3.08. The largest absolute Gasteiger partial charge is 0.357 e. The van der Waals surface area contributed by atoms with E-state index in [1.165, 1.54) is 30.4 Å². The number of piperidine rings is 1. The summed E-state index contributed by atoms with van der Waals surface area (Å²) in [4.78, 5) is 19.6. The summed E-state index contributed by atoms with van der Waals surface area (Å²) in [6.07, 6.45) is 4.76. The molecule has 1 aliphatic rings. The van der Waals surface area contributed by atoms with Crippen LogP contribution in [0.1, 0.15) is 37.3 Å². The van der Waals surface area contributed by atoms with Gasteiger partial charge in [-0.3, -0.25) is 0 Å². The zero-order valence-corrected chi connectivity index (χ0v) is 17.2. The smallest absolute Gasteiger partial charge is 0.323 e. The Kier molecular flexibility index (Phi) is 5.65. The molecule has 0 radical (unpaired) electrons. The molecule has 5 nitrogen and oxygen atoms in total. The van der Waals surface area contributed by atoms with Gasteiger partial charge in [0.05, 0.1) is 5.52 Å². The highest BCUT2D eigenvalue weighted by atomic mass is 16.2. The second-order valence-corrected chi connectivity index (χ2v) is 7.71. The fraction of sp³-hybridized carbons (Fsp3) is 0.333. The van der Waals surface area contributed by atoms with Gasteiger partial charge in [-0.1, -0.05) is 19.1 Å². The third kappa shape index (κ3) is 4.50. The summed E-state index contributed by atoms with van der Waals surface area (Å²) >= 11 is 0. The van der Waals surface area contributed by atoms with Gasteiger partial charge in [0.2, 0.25) is 0 Å². The minimum Gasteiger partial charge on any atom is -0.357 e. The van der Waals surface area contributed by atoms with Gasteiger partial charge < -0.3 is 15.5 Å². The van der Waals surface area contributed by atoms with E-state index in [1.807, 2.05) is 42.5 Å². The number of amides is 2. The van der Waals surface area contributed by atoms with Crippen molar-refractivity contribution in [2.75, 3.05) is 28.6 Å². The zero-order valence-electron chi connectivity index (χ0n) is 17.2. The van der Waals surface area contributed by atoms with Crippen LogP contribution in [0.4, 0.5) is 22.0 Å².